The number of ether oxygens (including phenoxy) is 1. The third-order valence-corrected chi connectivity index (χ3v) is 5.97. The van der Waals surface area contributed by atoms with Crippen LogP contribution in [0, 0.1) is 0 Å². The predicted molar refractivity (Wildman–Crippen MR) is 128 cm³/mol. The van der Waals surface area contributed by atoms with E-state index in [1.807, 2.05) is 30.3 Å². The average molecular weight is 484 g/mol. The standard InChI is InChI=1S/C19H17NO2.C6H5ClO3S/c1-20-16(11-9-15-5-3-4-6-17(15)20)10-7-14-8-12-18(21)19(13-14)22-2;7-5-1-3-6(4-2-5)11(8,9)10/h3-13H,1-2H3;1-4H,(H,8,9,10). The second-order valence-electron chi connectivity index (χ2n) is 7.05. The maximum atomic E-state index is 10.3. The van der Waals surface area contributed by atoms with Gasteiger partial charge in [0.1, 0.15) is 17.2 Å². The molecule has 0 saturated heterocycles. The number of aromatic nitrogens is 1. The third kappa shape index (κ3) is 6.32. The lowest BCUT2D eigenvalue weighted by Gasteiger charge is -2.05. The number of aryl methyl sites for hydroxylation is 1. The van der Waals surface area contributed by atoms with Crippen LogP contribution in [0.1, 0.15) is 11.3 Å². The van der Waals surface area contributed by atoms with Gasteiger partial charge in [0.2, 0.25) is 11.2 Å². The van der Waals surface area contributed by atoms with Gasteiger partial charge in [-0.25, -0.2) is 8.42 Å². The van der Waals surface area contributed by atoms with Crippen molar-refractivity contribution in [2.75, 3.05) is 7.11 Å². The minimum Gasteiger partial charge on any atom is -0.744 e. The summed E-state index contributed by atoms with van der Waals surface area (Å²) in [5.41, 5.74) is 3.27. The molecule has 4 aromatic rings. The molecule has 1 heterocycles. The number of nitrogens with zero attached hydrogens (tertiary/aromatic N) is 1. The molecule has 1 N–H and O–H groups in total. The van der Waals surface area contributed by atoms with E-state index in [4.69, 9.17) is 16.3 Å². The maximum absolute atomic E-state index is 10.3. The van der Waals surface area contributed by atoms with Gasteiger partial charge in [0.25, 0.3) is 0 Å². The van der Waals surface area contributed by atoms with Crippen LogP contribution in [0.15, 0.2) is 83.8 Å². The monoisotopic (exact) mass is 483 g/mol. The first-order valence-corrected chi connectivity index (χ1v) is 11.6. The van der Waals surface area contributed by atoms with Gasteiger partial charge in [-0.3, -0.25) is 0 Å². The molecule has 0 atom stereocenters. The Morgan fingerprint density at radius 3 is 2.33 bits per heavy atom. The number of aromatic hydroxyl groups is 1. The minimum absolute atomic E-state index is 0.149. The fourth-order valence-corrected chi connectivity index (χ4v) is 3.70. The largest absolute Gasteiger partial charge is 0.744 e. The van der Waals surface area contributed by atoms with Gasteiger partial charge in [-0.05, 0) is 60.2 Å². The summed E-state index contributed by atoms with van der Waals surface area (Å²) < 4.78 is 38.3. The number of phenolic OH excluding ortho intramolecular Hbond substituents is 1. The van der Waals surface area contributed by atoms with Crippen molar-refractivity contribution in [1.29, 1.82) is 0 Å². The van der Waals surface area contributed by atoms with Crippen molar-refractivity contribution in [1.82, 2.24) is 0 Å². The summed E-state index contributed by atoms with van der Waals surface area (Å²) in [7, 11) is -0.726. The fraction of sp³-hybridized carbons (Fsp3) is 0.0800. The number of methoxy groups -OCH3 is 1. The zero-order valence-electron chi connectivity index (χ0n) is 18.0. The third-order valence-electron chi connectivity index (χ3n) is 4.87. The molecule has 0 aliphatic rings. The molecule has 0 saturated carbocycles. The summed E-state index contributed by atoms with van der Waals surface area (Å²) in [6.07, 6.45) is 4.06. The van der Waals surface area contributed by atoms with E-state index in [2.05, 4.69) is 42.0 Å². The molecule has 33 heavy (non-hydrogen) atoms. The molecule has 0 amide bonds. The highest BCUT2D eigenvalue weighted by molar-refractivity contribution is 7.85. The first-order chi connectivity index (χ1) is 15.7. The Morgan fingerprint density at radius 2 is 1.67 bits per heavy atom. The summed E-state index contributed by atoms with van der Waals surface area (Å²) in [6.45, 7) is 0. The molecular weight excluding hydrogens is 462 g/mol. The predicted octanol–water partition coefficient (Wildman–Crippen LogP) is 4.79. The van der Waals surface area contributed by atoms with Crippen molar-refractivity contribution >= 4 is 44.8 Å². The number of hydrogen-bond donors (Lipinski definition) is 1. The van der Waals surface area contributed by atoms with Crippen LogP contribution in [0.4, 0.5) is 0 Å². The molecule has 3 aromatic carbocycles. The smallest absolute Gasteiger partial charge is 0.212 e. The van der Waals surface area contributed by atoms with Crippen LogP contribution in [0.5, 0.6) is 11.5 Å². The Bertz CT molecular complexity index is 1400. The van der Waals surface area contributed by atoms with Gasteiger partial charge >= 0.3 is 0 Å². The number of pyridine rings is 1. The normalized spacial score (nSPS) is 11.3. The van der Waals surface area contributed by atoms with E-state index in [9.17, 15) is 18.1 Å². The fourth-order valence-electron chi connectivity index (χ4n) is 3.11. The first-order valence-electron chi connectivity index (χ1n) is 9.83. The van der Waals surface area contributed by atoms with Crippen LogP contribution >= 0.6 is 11.6 Å². The van der Waals surface area contributed by atoms with Crippen LogP contribution in [-0.4, -0.2) is 25.2 Å². The van der Waals surface area contributed by atoms with Crippen molar-refractivity contribution in [2.45, 2.75) is 4.90 Å². The molecule has 0 spiro atoms. The number of halogens is 1. The van der Waals surface area contributed by atoms with Gasteiger partial charge in [0, 0.05) is 28.6 Å². The minimum atomic E-state index is -4.33. The van der Waals surface area contributed by atoms with Gasteiger partial charge in [-0.1, -0.05) is 29.8 Å². The number of benzene rings is 3. The van der Waals surface area contributed by atoms with Crippen LogP contribution in [0.2, 0.25) is 5.02 Å². The topological polar surface area (TPSA) is 90.5 Å². The molecular formula is C25H22ClNO5S. The highest BCUT2D eigenvalue weighted by Gasteiger charge is 2.08. The summed E-state index contributed by atoms with van der Waals surface area (Å²) in [6, 6.07) is 22.9. The average Bonchev–Trinajstić information content (AvgIpc) is 2.80. The Hall–Kier alpha value is -3.39. The van der Waals surface area contributed by atoms with Crippen molar-refractivity contribution in [3.8, 4) is 11.5 Å². The molecule has 0 radical (unpaired) electrons. The maximum Gasteiger partial charge on any atom is 0.212 e. The number of para-hydroxylation sites is 1. The second kappa shape index (κ2) is 10.5. The molecule has 0 fully saturated rings. The first kappa shape index (κ1) is 24.3. The number of fused-ring (bicyclic) bond motifs is 1. The lowest BCUT2D eigenvalue weighted by molar-refractivity contribution is -0.646. The van der Waals surface area contributed by atoms with Crippen molar-refractivity contribution in [3.05, 3.63) is 95.1 Å². The van der Waals surface area contributed by atoms with E-state index in [1.165, 1.54) is 35.2 Å². The lowest BCUT2D eigenvalue weighted by atomic mass is 10.1. The van der Waals surface area contributed by atoms with E-state index in [0.717, 1.165) is 11.3 Å². The molecule has 8 heteroatoms. The lowest BCUT2D eigenvalue weighted by Crippen LogP contribution is -2.32. The zero-order valence-corrected chi connectivity index (χ0v) is 19.5. The second-order valence-corrected chi connectivity index (χ2v) is 8.86. The highest BCUT2D eigenvalue weighted by Crippen LogP contribution is 2.27. The van der Waals surface area contributed by atoms with Crippen LogP contribution in [0.3, 0.4) is 0 Å². The number of rotatable bonds is 4. The summed E-state index contributed by atoms with van der Waals surface area (Å²) in [5.74, 6) is 0.626. The quantitative estimate of drug-likeness (QED) is 0.333. The Kier molecular flexibility index (Phi) is 7.71. The van der Waals surface area contributed by atoms with Crippen LogP contribution in [-0.2, 0) is 17.2 Å². The Labute approximate surface area is 197 Å². The van der Waals surface area contributed by atoms with Crippen molar-refractivity contribution in [3.63, 3.8) is 0 Å². The summed E-state index contributed by atoms with van der Waals surface area (Å²) >= 11 is 5.46. The van der Waals surface area contributed by atoms with Crippen LogP contribution in [0.25, 0.3) is 23.1 Å². The van der Waals surface area contributed by atoms with Crippen molar-refractivity contribution in [2.24, 2.45) is 7.05 Å². The van der Waals surface area contributed by atoms with E-state index in [0.29, 0.717) is 10.8 Å². The number of phenols is 1. The SMILES string of the molecule is COc1cc(/C=C/c2ccc3ccccc3[n+]2C)ccc1O.O=S(=O)([O-])c1ccc(Cl)cc1. The number of hydrogen-bond acceptors (Lipinski definition) is 5. The zero-order chi connectivity index (χ0) is 24.0. The van der Waals surface area contributed by atoms with Gasteiger partial charge in [-0.2, -0.15) is 4.57 Å². The Balaban J connectivity index is 0.000000235. The van der Waals surface area contributed by atoms with E-state index in [1.54, 1.807) is 13.2 Å². The Morgan fingerprint density at radius 1 is 0.970 bits per heavy atom. The molecule has 1 aromatic heterocycles. The molecule has 6 nitrogen and oxygen atoms in total. The van der Waals surface area contributed by atoms with E-state index >= 15 is 0 Å². The van der Waals surface area contributed by atoms with E-state index in [-0.39, 0.29) is 10.6 Å². The van der Waals surface area contributed by atoms with E-state index < -0.39 is 10.1 Å². The van der Waals surface area contributed by atoms with Gasteiger partial charge in [0.05, 0.1) is 12.0 Å². The van der Waals surface area contributed by atoms with Crippen molar-refractivity contribution < 1.29 is 27.4 Å². The summed E-state index contributed by atoms with van der Waals surface area (Å²) in [4.78, 5) is -0.262. The van der Waals surface area contributed by atoms with Gasteiger partial charge < -0.3 is 14.4 Å². The van der Waals surface area contributed by atoms with Gasteiger partial charge in [-0.15, -0.1) is 0 Å². The van der Waals surface area contributed by atoms with Gasteiger partial charge in [0.15, 0.2) is 11.5 Å². The molecule has 0 aliphatic heterocycles. The molecule has 0 bridgehead atoms. The summed E-state index contributed by atoms with van der Waals surface area (Å²) in [5, 5.41) is 11.2. The molecule has 170 valence electrons. The molecule has 0 aliphatic carbocycles. The highest BCUT2D eigenvalue weighted by atomic mass is 35.5. The molecule has 4 rings (SSSR count). The molecule has 0 unspecified atom stereocenters. The van der Waals surface area contributed by atoms with Crippen LogP contribution < -0.4 is 9.30 Å².